The maximum atomic E-state index is 2.98. The van der Waals surface area contributed by atoms with Gasteiger partial charge in [0.1, 0.15) is 0 Å². The van der Waals surface area contributed by atoms with Gasteiger partial charge in [0.2, 0.25) is 0 Å². The molecule has 0 aliphatic carbocycles. The fourth-order valence-electron chi connectivity index (χ4n) is 0.920. The minimum Gasteiger partial charge on any atom is -0.106 e. The second kappa shape index (κ2) is 5.21. The van der Waals surface area contributed by atoms with Crippen molar-refractivity contribution < 1.29 is 0 Å². The summed E-state index contributed by atoms with van der Waals surface area (Å²) in [5.41, 5.74) is 1.23. The summed E-state index contributed by atoms with van der Waals surface area (Å²) in [6, 6.07) is 10.2. The minimum atomic E-state index is 0.839. The number of hydrogen-bond acceptors (Lipinski definition) is 0. The lowest BCUT2D eigenvalue weighted by Gasteiger charge is -1.88. The molecule has 0 radical (unpaired) electrons. The van der Waals surface area contributed by atoms with Crippen LogP contribution in [0.5, 0.6) is 0 Å². The zero-order chi connectivity index (χ0) is 8.65. The molecule has 0 N–H and O–H groups in total. The highest BCUT2D eigenvalue weighted by molar-refractivity contribution is 5.48. The quantitative estimate of drug-likeness (QED) is 0.577. The summed E-state index contributed by atoms with van der Waals surface area (Å²) >= 11 is 0. The largest absolute Gasteiger partial charge is 0.106 e. The van der Waals surface area contributed by atoms with Crippen LogP contribution in [0.4, 0.5) is 0 Å². The molecule has 0 fully saturated rings. The first-order valence-corrected chi connectivity index (χ1v) is 4.04. The van der Waals surface area contributed by atoms with Gasteiger partial charge in [-0.15, -0.1) is 5.92 Å². The molecule has 0 atom stereocenters. The molecule has 0 saturated carbocycles. The van der Waals surface area contributed by atoms with E-state index in [1.54, 1.807) is 0 Å². The van der Waals surface area contributed by atoms with E-state index in [1.807, 2.05) is 25.1 Å². The molecule has 1 aromatic rings. The first-order chi connectivity index (χ1) is 5.93. The van der Waals surface area contributed by atoms with Crippen molar-refractivity contribution in [1.82, 2.24) is 0 Å². The third kappa shape index (κ3) is 3.07. The van der Waals surface area contributed by atoms with Gasteiger partial charge in [-0.05, 0) is 12.5 Å². The molecule has 1 aromatic carbocycles. The minimum absolute atomic E-state index is 0.839. The number of hydrogen-bond donors (Lipinski definition) is 0. The second-order valence-corrected chi connectivity index (χ2v) is 2.44. The van der Waals surface area contributed by atoms with Crippen molar-refractivity contribution in [3.63, 3.8) is 0 Å². The van der Waals surface area contributed by atoms with Crippen LogP contribution in [0.15, 0.2) is 36.4 Å². The predicted octanol–water partition coefficient (Wildman–Crippen LogP) is 3.11. The van der Waals surface area contributed by atoms with E-state index in [-0.39, 0.29) is 0 Å². The number of allylic oxidation sites excluding steroid dienone is 1. The van der Waals surface area contributed by atoms with Gasteiger partial charge < -0.3 is 0 Å². The Morgan fingerprint density at radius 2 is 2.00 bits per heavy atom. The topological polar surface area (TPSA) is 0 Å². The zero-order valence-electron chi connectivity index (χ0n) is 7.25. The lowest BCUT2D eigenvalue weighted by Crippen LogP contribution is -1.67. The van der Waals surface area contributed by atoms with Crippen LogP contribution in [0.3, 0.4) is 0 Å². The van der Waals surface area contributed by atoms with Gasteiger partial charge in [0.15, 0.2) is 0 Å². The second-order valence-electron chi connectivity index (χ2n) is 2.44. The molecule has 60 valence electrons. The average Bonchev–Trinajstić information content (AvgIpc) is 2.14. The molecule has 0 aliphatic heterocycles. The summed E-state index contributed by atoms with van der Waals surface area (Å²) in [6.07, 6.45) is 5.00. The highest BCUT2D eigenvalue weighted by Crippen LogP contribution is 2.00. The van der Waals surface area contributed by atoms with Crippen molar-refractivity contribution >= 4 is 6.08 Å². The molecule has 0 aliphatic rings. The number of benzene rings is 1. The molecule has 0 nitrogen and oxygen atoms in total. The predicted molar refractivity (Wildman–Crippen MR) is 53.5 cm³/mol. The maximum Gasteiger partial charge on any atom is 0.0272 e. The molecule has 0 aromatic heterocycles. The summed E-state index contributed by atoms with van der Waals surface area (Å²) in [5.74, 6) is 5.83. The van der Waals surface area contributed by atoms with Crippen molar-refractivity contribution in [2.24, 2.45) is 0 Å². The molecule has 0 amide bonds. The van der Waals surface area contributed by atoms with Crippen molar-refractivity contribution in [1.29, 1.82) is 0 Å². The summed E-state index contributed by atoms with van der Waals surface area (Å²) < 4.78 is 0. The van der Waals surface area contributed by atoms with Gasteiger partial charge >= 0.3 is 0 Å². The van der Waals surface area contributed by atoms with Gasteiger partial charge in [0, 0.05) is 6.42 Å². The van der Waals surface area contributed by atoms with Crippen molar-refractivity contribution in [2.75, 3.05) is 0 Å². The van der Waals surface area contributed by atoms with E-state index in [0.29, 0.717) is 0 Å². The highest BCUT2D eigenvalue weighted by atomic mass is 13.9. The molecule has 1 rings (SSSR count). The fraction of sp³-hybridized carbons (Fsp3) is 0.167. The lowest BCUT2D eigenvalue weighted by atomic mass is 10.2. The standard InChI is InChI=1S/C12H12/c1-2-3-4-6-9-12-10-7-5-8-11-12/h5-11H,4H2,1H3/b9-6+. The maximum absolute atomic E-state index is 2.98. The molecule has 0 heteroatoms. The Balaban J connectivity index is 2.50. The van der Waals surface area contributed by atoms with E-state index in [0.717, 1.165) is 6.42 Å². The number of rotatable bonds is 2. The molecular weight excluding hydrogens is 144 g/mol. The van der Waals surface area contributed by atoms with Crippen LogP contribution >= 0.6 is 0 Å². The molecule has 12 heavy (non-hydrogen) atoms. The van der Waals surface area contributed by atoms with Gasteiger partial charge in [0.25, 0.3) is 0 Å². The summed E-state index contributed by atoms with van der Waals surface area (Å²) in [4.78, 5) is 0. The Morgan fingerprint density at radius 3 is 2.67 bits per heavy atom. The van der Waals surface area contributed by atoms with Crippen LogP contribution in [-0.2, 0) is 0 Å². The molecule has 0 saturated heterocycles. The van der Waals surface area contributed by atoms with Crippen molar-refractivity contribution in [3.8, 4) is 11.8 Å². The Morgan fingerprint density at radius 1 is 1.25 bits per heavy atom. The van der Waals surface area contributed by atoms with Crippen LogP contribution in [0.1, 0.15) is 18.9 Å². The Hall–Kier alpha value is -1.48. The molecule has 0 heterocycles. The van der Waals surface area contributed by atoms with E-state index in [9.17, 15) is 0 Å². The van der Waals surface area contributed by atoms with Gasteiger partial charge in [-0.25, -0.2) is 0 Å². The monoisotopic (exact) mass is 156 g/mol. The Labute approximate surface area is 73.9 Å². The van der Waals surface area contributed by atoms with Gasteiger partial charge in [-0.3, -0.25) is 0 Å². The van der Waals surface area contributed by atoms with Crippen molar-refractivity contribution in [3.05, 3.63) is 42.0 Å². The third-order valence-electron chi connectivity index (χ3n) is 1.51. The van der Waals surface area contributed by atoms with E-state index in [1.165, 1.54) is 5.56 Å². The van der Waals surface area contributed by atoms with E-state index in [4.69, 9.17) is 0 Å². The zero-order valence-corrected chi connectivity index (χ0v) is 7.25. The van der Waals surface area contributed by atoms with Crippen molar-refractivity contribution in [2.45, 2.75) is 13.3 Å². The first-order valence-electron chi connectivity index (χ1n) is 4.04. The SMILES string of the molecule is CC#CC/C=C/c1ccccc1. The van der Waals surface area contributed by atoms with Crippen LogP contribution in [0.2, 0.25) is 0 Å². The van der Waals surface area contributed by atoms with Crippen LogP contribution in [0, 0.1) is 11.8 Å². The Bertz CT molecular complexity index is 296. The van der Waals surface area contributed by atoms with Crippen LogP contribution in [0.25, 0.3) is 6.08 Å². The van der Waals surface area contributed by atoms with Gasteiger partial charge in [-0.1, -0.05) is 48.4 Å². The fourth-order valence-corrected chi connectivity index (χ4v) is 0.920. The van der Waals surface area contributed by atoms with Gasteiger partial charge in [-0.2, -0.15) is 0 Å². The summed E-state index contributed by atoms with van der Waals surface area (Å²) in [5, 5.41) is 0. The van der Waals surface area contributed by atoms with Crippen LogP contribution < -0.4 is 0 Å². The van der Waals surface area contributed by atoms with E-state index < -0.39 is 0 Å². The highest BCUT2D eigenvalue weighted by Gasteiger charge is 1.79. The first kappa shape index (κ1) is 8.62. The molecular formula is C12H12. The molecule has 0 unspecified atom stereocenters. The molecule has 0 spiro atoms. The summed E-state index contributed by atoms with van der Waals surface area (Å²) in [7, 11) is 0. The van der Waals surface area contributed by atoms with E-state index >= 15 is 0 Å². The smallest absolute Gasteiger partial charge is 0.0272 e. The lowest BCUT2D eigenvalue weighted by molar-refractivity contribution is 1.48. The third-order valence-corrected chi connectivity index (χ3v) is 1.51. The molecule has 0 bridgehead atoms. The van der Waals surface area contributed by atoms with Crippen LogP contribution in [-0.4, -0.2) is 0 Å². The Kier molecular flexibility index (Phi) is 3.74. The van der Waals surface area contributed by atoms with Gasteiger partial charge in [0.05, 0.1) is 0 Å². The normalized spacial score (nSPS) is 9.42. The van der Waals surface area contributed by atoms with E-state index in [2.05, 4.69) is 36.1 Å². The average molecular weight is 156 g/mol. The summed E-state index contributed by atoms with van der Waals surface area (Å²) in [6.45, 7) is 1.86.